The van der Waals surface area contributed by atoms with Crippen LogP contribution in [0.5, 0.6) is 0 Å². The van der Waals surface area contributed by atoms with E-state index in [1.807, 2.05) is 36.9 Å². The van der Waals surface area contributed by atoms with Crippen molar-refractivity contribution in [1.29, 1.82) is 0 Å². The van der Waals surface area contributed by atoms with Crippen LogP contribution in [0.4, 0.5) is 0 Å². The summed E-state index contributed by atoms with van der Waals surface area (Å²) in [6.07, 6.45) is 0. The first-order valence-corrected chi connectivity index (χ1v) is 9.17. The normalized spacial score (nSPS) is 12.0. The van der Waals surface area contributed by atoms with Gasteiger partial charge in [0.2, 0.25) is 0 Å². The maximum Gasteiger partial charge on any atom is 0.253 e. The fourth-order valence-electron chi connectivity index (χ4n) is 2.38. The van der Waals surface area contributed by atoms with E-state index in [0.717, 1.165) is 16.9 Å². The van der Waals surface area contributed by atoms with Crippen LogP contribution in [-0.4, -0.2) is 30.4 Å². The third-order valence-electron chi connectivity index (χ3n) is 4.23. The number of carbonyl (C=O) groups excluding carboxylic acids is 1. The van der Waals surface area contributed by atoms with Gasteiger partial charge in [-0.05, 0) is 50.1 Å². The summed E-state index contributed by atoms with van der Waals surface area (Å²) in [6, 6.07) is 14.4. The van der Waals surface area contributed by atoms with Gasteiger partial charge in [0.05, 0.1) is 0 Å². The highest BCUT2D eigenvalue weighted by Crippen LogP contribution is 2.27. The van der Waals surface area contributed by atoms with Crippen molar-refractivity contribution in [2.75, 3.05) is 13.6 Å². The molecule has 0 spiro atoms. The van der Waals surface area contributed by atoms with Gasteiger partial charge in [0.25, 0.3) is 5.91 Å². The summed E-state index contributed by atoms with van der Waals surface area (Å²) in [7, 11) is 1.80. The molecule has 0 heterocycles. The zero-order valence-electron chi connectivity index (χ0n) is 14.9. The molecule has 0 aliphatic rings. The Morgan fingerprint density at radius 1 is 1.21 bits per heavy atom. The highest BCUT2D eigenvalue weighted by atomic mass is 32.2. The summed E-state index contributed by atoms with van der Waals surface area (Å²) < 4.78 is 0. The Morgan fingerprint density at radius 3 is 2.67 bits per heavy atom. The molecule has 0 saturated carbocycles. The van der Waals surface area contributed by atoms with Gasteiger partial charge in [-0.15, -0.1) is 11.8 Å². The van der Waals surface area contributed by atoms with Crippen molar-refractivity contribution in [3.63, 3.8) is 0 Å². The summed E-state index contributed by atoms with van der Waals surface area (Å²) in [6.45, 7) is 6.66. The molecule has 2 aromatic carbocycles. The third-order valence-corrected chi connectivity index (χ3v) is 5.46. The zero-order chi connectivity index (χ0) is 17.7. The quantitative estimate of drug-likeness (QED) is 0.807. The summed E-state index contributed by atoms with van der Waals surface area (Å²) in [5.74, 6) is 0.869. The summed E-state index contributed by atoms with van der Waals surface area (Å²) in [4.78, 5) is 15.5. The average molecular weight is 343 g/mol. The van der Waals surface area contributed by atoms with Crippen molar-refractivity contribution >= 4 is 17.7 Å². The van der Waals surface area contributed by atoms with Gasteiger partial charge in [-0.25, -0.2) is 0 Å². The molecule has 24 heavy (non-hydrogen) atoms. The molecule has 1 atom stereocenters. The lowest BCUT2D eigenvalue weighted by Crippen LogP contribution is -2.39. The molecule has 0 bridgehead atoms. The third kappa shape index (κ3) is 4.62. The van der Waals surface area contributed by atoms with Crippen LogP contribution >= 0.6 is 11.8 Å². The first-order chi connectivity index (χ1) is 11.4. The molecule has 0 saturated heterocycles. The van der Waals surface area contributed by atoms with E-state index in [2.05, 4.69) is 38.1 Å². The lowest BCUT2D eigenvalue weighted by Gasteiger charge is -2.23. The van der Waals surface area contributed by atoms with E-state index in [1.54, 1.807) is 11.9 Å². The number of aryl methyl sites for hydroxylation is 2. The number of nitrogens with zero attached hydrogens (tertiary/aromatic N) is 1. The van der Waals surface area contributed by atoms with Gasteiger partial charge in [-0.1, -0.05) is 29.8 Å². The molecule has 2 aromatic rings. The van der Waals surface area contributed by atoms with E-state index in [9.17, 15) is 4.79 Å². The minimum atomic E-state index is 0.0199. The second-order valence-corrected chi connectivity index (χ2v) is 7.28. The number of hydrogen-bond acceptors (Lipinski definition) is 3. The van der Waals surface area contributed by atoms with E-state index in [4.69, 9.17) is 5.73 Å². The number of nitrogens with two attached hydrogens (primary N) is 1. The summed E-state index contributed by atoms with van der Waals surface area (Å²) in [5.41, 5.74) is 10.1. The monoisotopic (exact) mass is 342 g/mol. The Morgan fingerprint density at radius 2 is 1.96 bits per heavy atom. The van der Waals surface area contributed by atoms with Crippen LogP contribution in [0, 0.1) is 13.8 Å². The second kappa shape index (κ2) is 8.36. The van der Waals surface area contributed by atoms with Crippen LogP contribution in [0.3, 0.4) is 0 Å². The lowest BCUT2D eigenvalue weighted by atomic mass is 10.1. The van der Waals surface area contributed by atoms with Crippen molar-refractivity contribution in [2.45, 2.75) is 37.5 Å². The molecular weight excluding hydrogens is 316 g/mol. The second-order valence-electron chi connectivity index (χ2n) is 6.26. The van der Waals surface area contributed by atoms with Crippen molar-refractivity contribution in [3.05, 3.63) is 64.7 Å². The van der Waals surface area contributed by atoms with Crippen molar-refractivity contribution in [3.8, 4) is 0 Å². The molecule has 128 valence electrons. The topological polar surface area (TPSA) is 46.3 Å². The SMILES string of the molecule is Cc1ccc(C)c(SCc2cccc(C(=O)N(C)C(C)CN)c2)c1. The fourth-order valence-corrected chi connectivity index (χ4v) is 3.45. The molecular formula is C20H26N2OS. The van der Waals surface area contributed by atoms with Gasteiger partial charge in [0.1, 0.15) is 0 Å². The highest BCUT2D eigenvalue weighted by Gasteiger charge is 2.16. The number of hydrogen-bond donors (Lipinski definition) is 1. The molecule has 1 unspecified atom stereocenters. The van der Waals surface area contributed by atoms with Crippen molar-refractivity contribution in [2.24, 2.45) is 5.73 Å². The molecule has 3 nitrogen and oxygen atoms in total. The molecule has 0 radical (unpaired) electrons. The number of likely N-dealkylation sites (N-methyl/N-ethyl adjacent to an activating group) is 1. The predicted molar refractivity (Wildman–Crippen MR) is 103 cm³/mol. The van der Waals surface area contributed by atoms with Crippen LogP contribution in [0.2, 0.25) is 0 Å². The number of thioether (sulfide) groups is 1. The van der Waals surface area contributed by atoms with E-state index >= 15 is 0 Å². The fraction of sp³-hybridized carbons (Fsp3) is 0.350. The number of amides is 1. The molecule has 4 heteroatoms. The van der Waals surface area contributed by atoms with Crippen LogP contribution in [0.15, 0.2) is 47.4 Å². The first-order valence-electron chi connectivity index (χ1n) is 8.18. The van der Waals surface area contributed by atoms with Gasteiger partial charge in [0.15, 0.2) is 0 Å². The Hall–Kier alpha value is -1.78. The summed E-state index contributed by atoms with van der Waals surface area (Å²) >= 11 is 1.81. The van der Waals surface area contributed by atoms with Gasteiger partial charge in [0, 0.05) is 35.8 Å². The Kier molecular flexibility index (Phi) is 6.46. The van der Waals surface area contributed by atoms with Crippen LogP contribution in [0.1, 0.15) is 34.0 Å². The van der Waals surface area contributed by atoms with E-state index in [0.29, 0.717) is 6.54 Å². The van der Waals surface area contributed by atoms with E-state index < -0.39 is 0 Å². The van der Waals surface area contributed by atoms with Gasteiger partial charge >= 0.3 is 0 Å². The number of benzene rings is 2. The molecule has 1 amide bonds. The van der Waals surface area contributed by atoms with Crippen LogP contribution in [0.25, 0.3) is 0 Å². The highest BCUT2D eigenvalue weighted by molar-refractivity contribution is 7.98. The van der Waals surface area contributed by atoms with E-state index in [-0.39, 0.29) is 11.9 Å². The molecule has 0 aliphatic heterocycles. The molecule has 2 rings (SSSR count). The Bertz CT molecular complexity index is 715. The Labute approximate surface area is 149 Å². The summed E-state index contributed by atoms with van der Waals surface area (Å²) in [5, 5.41) is 0. The smallest absolute Gasteiger partial charge is 0.253 e. The number of carbonyl (C=O) groups is 1. The largest absolute Gasteiger partial charge is 0.338 e. The predicted octanol–water partition coefficient (Wildman–Crippen LogP) is 4.01. The molecule has 2 N–H and O–H groups in total. The lowest BCUT2D eigenvalue weighted by molar-refractivity contribution is 0.0748. The maximum absolute atomic E-state index is 12.5. The average Bonchev–Trinajstić information content (AvgIpc) is 2.60. The van der Waals surface area contributed by atoms with Crippen LogP contribution < -0.4 is 5.73 Å². The van der Waals surface area contributed by atoms with E-state index in [1.165, 1.54) is 16.0 Å². The zero-order valence-corrected chi connectivity index (χ0v) is 15.7. The molecule has 0 aliphatic carbocycles. The number of rotatable bonds is 6. The minimum absolute atomic E-state index is 0.0199. The van der Waals surface area contributed by atoms with Crippen molar-refractivity contribution in [1.82, 2.24) is 4.90 Å². The molecule has 0 fully saturated rings. The first kappa shape index (κ1) is 18.6. The van der Waals surface area contributed by atoms with Crippen molar-refractivity contribution < 1.29 is 4.79 Å². The maximum atomic E-state index is 12.5. The van der Waals surface area contributed by atoms with Gasteiger partial charge in [-0.2, -0.15) is 0 Å². The van der Waals surface area contributed by atoms with Crippen LogP contribution in [-0.2, 0) is 5.75 Å². The molecule has 0 aromatic heterocycles. The Balaban J connectivity index is 2.10. The minimum Gasteiger partial charge on any atom is -0.338 e. The standard InChI is InChI=1S/C20H26N2OS/c1-14-8-9-15(2)19(10-14)24-13-17-6-5-7-18(11-17)20(23)22(4)16(3)12-21/h5-11,16H,12-13,21H2,1-4H3. The van der Waals surface area contributed by atoms with Gasteiger partial charge < -0.3 is 10.6 Å². The van der Waals surface area contributed by atoms with Gasteiger partial charge in [-0.3, -0.25) is 4.79 Å².